The van der Waals surface area contributed by atoms with Gasteiger partial charge in [0.1, 0.15) is 18.2 Å². The fourth-order valence-corrected chi connectivity index (χ4v) is 3.48. The van der Waals surface area contributed by atoms with E-state index in [1.807, 2.05) is 0 Å². The molecule has 0 amide bonds. The SMILES string of the molecule is O=C1CCCC2=C1C(c1ccc(F)c(Br)c1)n1ncnc1N2. The number of ketones is 1. The number of anilines is 1. The fourth-order valence-electron chi connectivity index (χ4n) is 3.09. The molecule has 1 aliphatic heterocycles. The molecule has 0 bridgehead atoms. The van der Waals surface area contributed by atoms with Crippen LogP contribution in [-0.4, -0.2) is 20.5 Å². The lowest BCUT2D eigenvalue weighted by atomic mass is 9.85. The van der Waals surface area contributed by atoms with Crippen LogP contribution in [0.15, 0.2) is 40.3 Å². The smallest absolute Gasteiger partial charge is 0.226 e. The second-order valence-corrected chi connectivity index (χ2v) is 6.25. The average molecular weight is 363 g/mol. The van der Waals surface area contributed by atoms with Crippen LogP contribution in [0.4, 0.5) is 10.3 Å². The third kappa shape index (κ3) is 1.99. The molecule has 0 spiro atoms. The molecule has 0 radical (unpaired) electrons. The molecule has 1 atom stereocenters. The highest BCUT2D eigenvalue weighted by molar-refractivity contribution is 9.10. The van der Waals surface area contributed by atoms with Gasteiger partial charge in [0.05, 0.1) is 4.47 Å². The monoisotopic (exact) mass is 362 g/mol. The molecule has 2 heterocycles. The van der Waals surface area contributed by atoms with Crippen molar-refractivity contribution in [2.45, 2.75) is 25.3 Å². The van der Waals surface area contributed by atoms with Crippen LogP contribution in [0, 0.1) is 5.82 Å². The van der Waals surface area contributed by atoms with Crippen LogP contribution in [-0.2, 0) is 4.79 Å². The molecule has 112 valence electrons. The maximum absolute atomic E-state index is 13.5. The van der Waals surface area contributed by atoms with Crippen LogP contribution in [0.25, 0.3) is 0 Å². The predicted octanol–water partition coefficient (Wildman–Crippen LogP) is 3.20. The van der Waals surface area contributed by atoms with Crippen molar-refractivity contribution >= 4 is 27.7 Å². The zero-order valence-electron chi connectivity index (χ0n) is 11.5. The first kappa shape index (κ1) is 13.6. The third-order valence-electron chi connectivity index (χ3n) is 4.07. The topological polar surface area (TPSA) is 59.8 Å². The highest BCUT2D eigenvalue weighted by atomic mass is 79.9. The van der Waals surface area contributed by atoms with Crippen molar-refractivity contribution in [3.63, 3.8) is 0 Å². The molecule has 1 aromatic carbocycles. The Morgan fingerprint density at radius 2 is 2.23 bits per heavy atom. The molecule has 2 aromatic rings. The van der Waals surface area contributed by atoms with Crippen molar-refractivity contribution in [3.8, 4) is 0 Å². The summed E-state index contributed by atoms with van der Waals surface area (Å²) in [5.41, 5.74) is 2.43. The van der Waals surface area contributed by atoms with Gasteiger partial charge in [0, 0.05) is 17.7 Å². The summed E-state index contributed by atoms with van der Waals surface area (Å²) in [5, 5.41) is 7.44. The number of nitrogens with zero attached hydrogens (tertiary/aromatic N) is 3. The molecule has 5 nitrogen and oxygen atoms in total. The summed E-state index contributed by atoms with van der Waals surface area (Å²) in [6.07, 6.45) is 3.63. The van der Waals surface area contributed by atoms with Crippen LogP contribution in [0.2, 0.25) is 0 Å². The Morgan fingerprint density at radius 1 is 1.36 bits per heavy atom. The maximum Gasteiger partial charge on any atom is 0.226 e. The summed E-state index contributed by atoms with van der Waals surface area (Å²) in [6, 6.07) is 4.42. The Kier molecular flexibility index (Phi) is 3.11. The molecule has 22 heavy (non-hydrogen) atoms. The Hall–Kier alpha value is -2.02. The predicted molar refractivity (Wildman–Crippen MR) is 81.8 cm³/mol. The number of hydrogen-bond donors (Lipinski definition) is 1. The molecule has 1 unspecified atom stereocenters. The van der Waals surface area contributed by atoms with Crippen LogP contribution in [0.1, 0.15) is 30.9 Å². The van der Waals surface area contributed by atoms with Gasteiger partial charge in [-0.1, -0.05) is 6.07 Å². The minimum Gasteiger partial charge on any atom is -0.328 e. The van der Waals surface area contributed by atoms with Gasteiger partial charge in [-0.15, -0.1) is 0 Å². The Morgan fingerprint density at radius 3 is 3.05 bits per heavy atom. The largest absolute Gasteiger partial charge is 0.328 e. The second kappa shape index (κ2) is 5.01. The van der Waals surface area contributed by atoms with Crippen molar-refractivity contribution in [2.24, 2.45) is 0 Å². The van der Waals surface area contributed by atoms with E-state index in [0.717, 1.165) is 24.1 Å². The third-order valence-corrected chi connectivity index (χ3v) is 4.68. The van der Waals surface area contributed by atoms with E-state index in [-0.39, 0.29) is 17.6 Å². The van der Waals surface area contributed by atoms with Crippen LogP contribution in [0.3, 0.4) is 0 Å². The minimum absolute atomic E-state index is 0.111. The first-order chi connectivity index (χ1) is 10.6. The fraction of sp³-hybridized carbons (Fsp3) is 0.267. The Labute approximate surface area is 134 Å². The van der Waals surface area contributed by atoms with Gasteiger partial charge in [0.25, 0.3) is 0 Å². The van der Waals surface area contributed by atoms with Gasteiger partial charge in [-0.05, 0) is 46.5 Å². The van der Waals surface area contributed by atoms with Gasteiger partial charge in [0.15, 0.2) is 5.78 Å². The quantitative estimate of drug-likeness (QED) is 0.846. The maximum atomic E-state index is 13.5. The van der Waals surface area contributed by atoms with Gasteiger partial charge < -0.3 is 5.32 Å². The molecule has 0 saturated heterocycles. The van der Waals surface area contributed by atoms with E-state index < -0.39 is 0 Å². The van der Waals surface area contributed by atoms with Crippen molar-refractivity contribution in [1.29, 1.82) is 0 Å². The summed E-state index contributed by atoms with van der Waals surface area (Å²) in [6.45, 7) is 0. The van der Waals surface area contributed by atoms with Crippen LogP contribution < -0.4 is 5.32 Å². The highest BCUT2D eigenvalue weighted by Crippen LogP contribution is 2.40. The Balaban J connectivity index is 1.92. The molecule has 4 rings (SSSR count). The summed E-state index contributed by atoms with van der Waals surface area (Å²) < 4.78 is 15.6. The number of carbonyl (C=O) groups is 1. The van der Waals surface area contributed by atoms with E-state index in [0.29, 0.717) is 22.4 Å². The highest BCUT2D eigenvalue weighted by Gasteiger charge is 2.36. The zero-order valence-corrected chi connectivity index (χ0v) is 13.1. The van der Waals surface area contributed by atoms with Gasteiger partial charge in [-0.2, -0.15) is 10.1 Å². The number of rotatable bonds is 1. The number of benzene rings is 1. The minimum atomic E-state index is -0.363. The van der Waals surface area contributed by atoms with E-state index in [1.54, 1.807) is 16.8 Å². The molecule has 1 N–H and O–H groups in total. The number of allylic oxidation sites excluding steroid dienone is 2. The van der Waals surface area contributed by atoms with E-state index in [2.05, 4.69) is 31.3 Å². The summed E-state index contributed by atoms with van der Waals surface area (Å²) in [7, 11) is 0. The standard InChI is InChI=1S/C15H12BrFN4O/c16-9-6-8(4-5-10(9)17)14-13-11(2-1-3-12(13)22)20-15-18-7-19-21(14)15/h4-7,14H,1-3H2,(H,18,19,20). The van der Waals surface area contributed by atoms with E-state index >= 15 is 0 Å². The molecule has 0 saturated carbocycles. The van der Waals surface area contributed by atoms with E-state index in [4.69, 9.17) is 0 Å². The summed E-state index contributed by atoms with van der Waals surface area (Å²) in [5.74, 6) is 0.389. The zero-order chi connectivity index (χ0) is 15.3. The number of carbonyl (C=O) groups excluding carboxylic acids is 1. The number of fused-ring (bicyclic) bond motifs is 1. The number of halogens is 2. The average Bonchev–Trinajstić information content (AvgIpc) is 2.96. The van der Waals surface area contributed by atoms with Gasteiger partial charge in [-0.3, -0.25) is 4.79 Å². The molecule has 1 aromatic heterocycles. The number of hydrogen-bond acceptors (Lipinski definition) is 4. The van der Waals surface area contributed by atoms with E-state index in [9.17, 15) is 9.18 Å². The van der Waals surface area contributed by atoms with Gasteiger partial charge in [-0.25, -0.2) is 9.07 Å². The first-order valence-electron chi connectivity index (χ1n) is 7.03. The Bertz CT molecular complexity index is 814. The molecule has 7 heteroatoms. The second-order valence-electron chi connectivity index (χ2n) is 5.40. The summed E-state index contributed by atoms with van der Waals surface area (Å²) in [4.78, 5) is 16.6. The van der Waals surface area contributed by atoms with Crippen molar-refractivity contribution in [2.75, 3.05) is 5.32 Å². The molecule has 2 aliphatic rings. The lowest BCUT2D eigenvalue weighted by Crippen LogP contribution is -2.31. The van der Waals surface area contributed by atoms with Crippen molar-refractivity contribution in [1.82, 2.24) is 14.8 Å². The first-order valence-corrected chi connectivity index (χ1v) is 7.82. The summed E-state index contributed by atoms with van der Waals surface area (Å²) >= 11 is 3.21. The molecule has 1 aliphatic carbocycles. The van der Waals surface area contributed by atoms with E-state index in [1.165, 1.54) is 12.4 Å². The number of aromatic nitrogens is 3. The lowest BCUT2D eigenvalue weighted by molar-refractivity contribution is -0.116. The molecular weight excluding hydrogens is 351 g/mol. The number of Topliss-reactive ketones (excluding diaryl/α,β-unsaturated/α-hetero) is 1. The van der Waals surface area contributed by atoms with Gasteiger partial charge in [0.2, 0.25) is 5.95 Å². The van der Waals surface area contributed by atoms with Gasteiger partial charge >= 0.3 is 0 Å². The lowest BCUT2D eigenvalue weighted by Gasteiger charge is -2.32. The van der Waals surface area contributed by atoms with Crippen LogP contribution >= 0.6 is 15.9 Å². The van der Waals surface area contributed by atoms with Crippen LogP contribution in [0.5, 0.6) is 0 Å². The van der Waals surface area contributed by atoms with Crippen molar-refractivity contribution in [3.05, 3.63) is 51.6 Å². The number of nitrogens with one attached hydrogen (secondary N) is 1. The molecular formula is C15H12BrFN4O. The molecule has 0 fully saturated rings. The van der Waals surface area contributed by atoms with Crippen molar-refractivity contribution < 1.29 is 9.18 Å². The normalized spacial score (nSPS) is 20.5.